The van der Waals surface area contributed by atoms with Crippen LogP contribution in [0.4, 0.5) is 0 Å². The summed E-state index contributed by atoms with van der Waals surface area (Å²) in [6, 6.07) is 1.44. The Kier molecular flexibility index (Phi) is 7.38. The first kappa shape index (κ1) is 17.0. The molecular weight excluding hydrogens is 232 g/mol. The molecule has 3 unspecified atom stereocenters. The monoisotopic (exact) mass is 268 g/mol. The van der Waals surface area contributed by atoms with Crippen LogP contribution >= 0.6 is 0 Å². The van der Waals surface area contributed by atoms with Gasteiger partial charge in [-0.1, -0.05) is 34.6 Å². The van der Waals surface area contributed by atoms with Crippen LogP contribution in [0.15, 0.2) is 0 Å². The van der Waals surface area contributed by atoms with E-state index in [0.29, 0.717) is 6.04 Å². The summed E-state index contributed by atoms with van der Waals surface area (Å²) in [4.78, 5) is 2.63. The highest BCUT2D eigenvalue weighted by Gasteiger charge is 2.33. The fourth-order valence-electron chi connectivity index (χ4n) is 3.40. The third-order valence-corrected chi connectivity index (χ3v) is 4.89. The van der Waals surface area contributed by atoms with E-state index in [4.69, 9.17) is 0 Å². The van der Waals surface area contributed by atoms with Crippen molar-refractivity contribution in [2.24, 2.45) is 17.8 Å². The molecule has 0 aromatic rings. The summed E-state index contributed by atoms with van der Waals surface area (Å²) in [5.41, 5.74) is 0. The van der Waals surface area contributed by atoms with E-state index in [1.807, 2.05) is 0 Å². The molecule has 1 aliphatic rings. The van der Waals surface area contributed by atoms with Crippen LogP contribution in [-0.2, 0) is 0 Å². The van der Waals surface area contributed by atoms with Crippen LogP contribution in [0.5, 0.6) is 0 Å². The van der Waals surface area contributed by atoms with Crippen molar-refractivity contribution in [3.05, 3.63) is 0 Å². The molecule has 0 bridgehead atoms. The third-order valence-electron chi connectivity index (χ3n) is 4.89. The molecule has 114 valence electrons. The summed E-state index contributed by atoms with van der Waals surface area (Å²) in [5.74, 6) is 2.56. The molecule has 2 nitrogen and oxygen atoms in total. The second-order valence-corrected chi connectivity index (χ2v) is 7.21. The standard InChI is InChI=1S/C17H36N2/c1-7-18-16-9-8-15(14(4)5)12-17(16)19(6)11-10-13(2)3/h13-18H,7-12H2,1-6H3. The number of likely N-dealkylation sites (N-methyl/N-ethyl adjacent to an activating group) is 2. The molecule has 0 aromatic carbocycles. The lowest BCUT2D eigenvalue weighted by Crippen LogP contribution is -2.52. The molecular formula is C17H36N2. The normalized spacial score (nSPS) is 28.6. The molecule has 0 spiro atoms. The molecule has 0 aromatic heterocycles. The van der Waals surface area contributed by atoms with Gasteiger partial charge >= 0.3 is 0 Å². The number of nitrogens with one attached hydrogen (secondary N) is 1. The molecule has 0 amide bonds. The minimum absolute atomic E-state index is 0.706. The number of hydrogen-bond acceptors (Lipinski definition) is 2. The van der Waals surface area contributed by atoms with E-state index >= 15 is 0 Å². The summed E-state index contributed by atoms with van der Waals surface area (Å²) in [6.07, 6.45) is 5.46. The van der Waals surface area contributed by atoms with Gasteiger partial charge in [-0.3, -0.25) is 0 Å². The van der Waals surface area contributed by atoms with Crippen LogP contribution in [0.2, 0.25) is 0 Å². The van der Waals surface area contributed by atoms with Gasteiger partial charge in [0.2, 0.25) is 0 Å². The van der Waals surface area contributed by atoms with Gasteiger partial charge in [-0.15, -0.1) is 0 Å². The lowest BCUT2D eigenvalue weighted by molar-refractivity contribution is 0.0996. The lowest BCUT2D eigenvalue weighted by atomic mass is 9.76. The van der Waals surface area contributed by atoms with Crippen molar-refractivity contribution in [1.82, 2.24) is 10.2 Å². The zero-order valence-corrected chi connectivity index (χ0v) is 14.1. The van der Waals surface area contributed by atoms with Gasteiger partial charge in [-0.2, -0.15) is 0 Å². The summed E-state index contributed by atoms with van der Waals surface area (Å²) in [5, 5.41) is 3.72. The molecule has 1 aliphatic carbocycles. The zero-order chi connectivity index (χ0) is 14.4. The van der Waals surface area contributed by atoms with E-state index in [9.17, 15) is 0 Å². The Balaban J connectivity index is 2.59. The van der Waals surface area contributed by atoms with Crippen LogP contribution < -0.4 is 5.32 Å². The second-order valence-electron chi connectivity index (χ2n) is 7.21. The van der Waals surface area contributed by atoms with Gasteiger partial charge in [0.15, 0.2) is 0 Å². The highest BCUT2D eigenvalue weighted by Crippen LogP contribution is 2.32. The fraction of sp³-hybridized carbons (Fsp3) is 1.00. The number of nitrogens with zero attached hydrogens (tertiary/aromatic N) is 1. The number of rotatable bonds is 7. The van der Waals surface area contributed by atoms with E-state index in [1.54, 1.807) is 0 Å². The van der Waals surface area contributed by atoms with Gasteiger partial charge in [0, 0.05) is 12.1 Å². The van der Waals surface area contributed by atoms with E-state index in [1.165, 1.54) is 32.2 Å². The summed E-state index contributed by atoms with van der Waals surface area (Å²) in [6.45, 7) is 14.0. The van der Waals surface area contributed by atoms with Crippen molar-refractivity contribution in [3.63, 3.8) is 0 Å². The van der Waals surface area contributed by atoms with Crippen LogP contribution in [0, 0.1) is 17.8 Å². The molecule has 0 saturated heterocycles. The van der Waals surface area contributed by atoms with Crippen LogP contribution in [0.1, 0.15) is 60.3 Å². The smallest absolute Gasteiger partial charge is 0.0249 e. The zero-order valence-electron chi connectivity index (χ0n) is 14.1. The minimum atomic E-state index is 0.706. The predicted molar refractivity (Wildman–Crippen MR) is 85.5 cm³/mol. The molecule has 3 atom stereocenters. The van der Waals surface area contributed by atoms with Crippen molar-refractivity contribution >= 4 is 0 Å². The summed E-state index contributed by atoms with van der Waals surface area (Å²) in [7, 11) is 2.33. The van der Waals surface area contributed by atoms with Crippen molar-refractivity contribution < 1.29 is 0 Å². The Bertz CT molecular complexity index is 237. The number of hydrogen-bond donors (Lipinski definition) is 1. The van der Waals surface area contributed by atoms with Gasteiger partial charge in [-0.25, -0.2) is 0 Å². The quantitative estimate of drug-likeness (QED) is 0.756. The molecule has 2 heteroatoms. The Morgan fingerprint density at radius 3 is 2.37 bits per heavy atom. The maximum absolute atomic E-state index is 3.72. The molecule has 19 heavy (non-hydrogen) atoms. The van der Waals surface area contributed by atoms with Gasteiger partial charge in [0.05, 0.1) is 0 Å². The van der Waals surface area contributed by atoms with E-state index in [2.05, 4.69) is 51.9 Å². The maximum atomic E-state index is 3.72. The SMILES string of the molecule is CCNC1CCC(C(C)C)CC1N(C)CCC(C)C. The van der Waals surface area contributed by atoms with Gasteiger partial charge < -0.3 is 10.2 Å². The Morgan fingerprint density at radius 2 is 1.84 bits per heavy atom. The molecule has 0 heterocycles. The highest BCUT2D eigenvalue weighted by molar-refractivity contribution is 4.91. The van der Waals surface area contributed by atoms with Gasteiger partial charge in [0.25, 0.3) is 0 Å². The Morgan fingerprint density at radius 1 is 1.16 bits per heavy atom. The largest absolute Gasteiger partial charge is 0.313 e. The predicted octanol–water partition coefficient (Wildman–Crippen LogP) is 3.77. The Hall–Kier alpha value is -0.0800. The van der Waals surface area contributed by atoms with Gasteiger partial charge in [0.1, 0.15) is 0 Å². The molecule has 1 N–H and O–H groups in total. The molecule has 1 saturated carbocycles. The topological polar surface area (TPSA) is 15.3 Å². The van der Waals surface area contributed by atoms with Crippen LogP contribution in [0.25, 0.3) is 0 Å². The van der Waals surface area contributed by atoms with Crippen molar-refractivity contribution in [2.75, 3.05) is 20.1 Å². The van der Waals surface area contributed by atoms with Crippen molar-refractivity contribution in [1.29, 1.82) is 0 Å². The summed E-state index contributed by atoms with van der Waals surface area (Å²) < 4.78 is 0. The van der Waals surface area contributed by atoms with E-state index in [-0.39, 0.29) is 0 Å². The average Bonchev–Trinajstić information content (AvgIpc) is 2.36. The fourth-order valence-corrected chi connectivity index (χ4v) is 3.40. The summed E-state index contributed by atoms with van der Waals surface area (Å²) >= 11 is 0. The minimum Gasteiger partial charge on any atom is -0.313 e. The molecule has 0 aliphatic heterocycles. The first-order chi connectivity index (χ1) is 8.95. The van der Waals surface area contributed by atoms with E-state index < -0.39 is 0 Å². The maximum Gasteiger partial charge on any atom is 0.0249 e. The first-order valence-electron chi connectivity index (χ1n) is 8.39. The van der Waals surface area contributed by atoms with Crippen LogP contribution in [0.3, 0.4) is 0 Å². The Labute approximate surface area is 121 Å². The molecule has 1 fully saturated rings. The molecule has 1 rings (SSSR count). The van der Waals surface area contributed by atoms with E-state index in [0.717, 1.165) is 30.3 Å². The highest BCUT2D eigenvalue weighted by atomic mass is 15.2. The average molecular weight is 268 g/mol. The second kappa shape index (κ2) is 8.26. The molecule has 0 radical (unpaired) electrons. The lowest BCUT2D eigenvalue weighted by Gasteiger charge is -2.43. The van der Waals surface area contributed by atoms with Crippen molar-refractivity contribution in [2.45, 2.75) is 72.4 Å². The van der Waals surface area contributed by atoms with Crippen molar-refractivity contribution in [3.8, 4) is 0 Å². The van der Waals surface area contributed by atoms with Gasteiger partial charge in [-0.05, 0) is 63.6 Å². The first-order valence-corrected chi connectivity index (χ1v) is 8.39. The third kappa shape index (κ3) is 5.43. The van der Waals surface area contributed by atoms with Crippen LogP contribution in [-0.4, -0.2) is 37.1 Å².